The number of nitrogens with two attached hydrogens (primary N) is 1. The normalized spacial score (nSPS) is 13.1. The second-order valence-electron chi connectivity index (χ2n) is 3.70. The van der Waals surface area contributed by atoms with Crippen molar-refractivity contribution in [2.24, 2.45) is 11.7 Å². The maximum atomic E-state index is 5.62. The van der Waals surface area contributed by atoms with Crippen molar-refractivity contribution >= 4 is 15.9 Å². The maximum Gasteiger partial charge on any atom is 0.0658 e. The topological polar surface area (TPSA) is 53.1 Å². The summed E-state index contributed by atoms with van der Waals surface area (Å²) in [5.41, 5.74) is 6.82. The van der Waals surface area contributed by atoms with Gasteiger partial charge < -0.3 is 10.5 Å². The molecule has 0 aromatic carbocycles. The van der Waals surface area contributed by atoms with Crippen LogP contribution in [0.15, 0.2) is 10.7 Å². The van der Waals surface area contributed by atoms with E-state index in [0.29, 0.717) is 19.1 Å². The molecule has 1 heterocycles. The first-order chi connectivity index (χ1) is 7.19. The van der Waals surface area contributed by atoms with Crippen LogP contribution in [0.4, 0.5) is 0 Å². The number of ether oxygens (including phenoxy) is 1. The maximum absolute atomic E-state index is 5.62. The van der Waals surface area contributed by atoms with Crippen molar-refractivity contribution in [3.63, 3.8) is 0 Å². The molecule has 1 aromatic heterocycles. The molecule has 1 aromatic rings. The van der Waals surface area contributed by atoms with E-state index in [1.165, 1.54) is 5.69 Å². The van der Waals surface area contributed by atoms with Crippen LogP contribution in [0.2, 0.25) is 0 Å². The Bertz CT molecular complexity index is 301. The van der Waals surface area contributed by atoms with Gasteiger partial charge in [-0.1, -0.05) is 6.92 Å². The van der Waals surface area contributed by atoms with Gasteiger partial charge in [-0.05, 0) is 34.8 Å². The number of rotatable bonds is 6. The lowest BCUT2D eigenvalue weighted by Gasteiger charge is -2.11. The number of hydrogen-bond acceptors (Lipinski definition) is 3. The van der Waals surface area contributed by atoms with Gasteiger partial charge >= 0.3 is 0 Å². The molecule has 5 heteroatoms. The SMILES string of the molecule is COCCn1ncc(Br)c1CC(C)CN. The van der Waals surface area contributed by atoms with Crippen LogP contribution < -0.4 is 5.73 Å². The first-order valence-corrected chi connectivity index (χ1v) is 5.87. The molecule has 0 spiro atoms. The predicted molar refractivity (Wildman–Crippen MR) is 63.7 cm³/mol. The molecule has 0 saturated carbocycles. The van der Waals surface area contributed by atoms with E-state index in [-0.39, 0.29) is 0 Å². The zero-order valence-corrected chi connectivity index (χ0v) is 10.8. The molecule has 0 radical (unpaired) electrons. The molecule has 86 valence electrons. The van der Waals surface area contributed by atoms with E-state index >= 15 is 0 Å². The molecular weight excluding hydrogens is 258 g/mol. The number of aromatic nitrogens is 2. The van der Waals surface area contributed by atoms with Gasteiger partial charge in [0, 0.05) is 7.11 Å². The van der Waals surface area contributed by atoms with E-state index in [4.69, 9.17) is 10.5 Å². The molecule has 1 unspecified atom stereocenters. The third-order valence-electron chi connectivity index (χ3n) is 2.35. The molecule has 0 aliphatic heterocycles. The lowest BCUT2D eigenvalue weighted by Crippen LogP contribution is -2.17. The molecular formula is C10H18BrN3O. The van der Waals surface area contributed by atoms with Gasteiger partial charge in [-0.2, -0.15) is 5.10 Å². The Balaban J connectivity index is 2.70. The number of halogens is 1. The fourth-order valence-corrected chi connectivity index (χ4v) is 1.83. The first-order valence-electron chi connectivity index (χ1n) is 5.08. The molecule has 1 atom stereocenters. The van der Waals surface area contributed by atoms with Crippen molar-refractivity contribution in [1.82, 2.24) is 9.78 Å². The van der Waals surface area contributed by atoms with E-state index < -0.39 is 0 Å². The highest BCUT2D eigenvalue weighted by Crippen LogP contribution is 2.19. The summed E-state index contributed by atoms with van der Waals surface area (Å²) >= 11 is 3.50. The van der Waals surface area contributed by atoms with Crippen molar-refractivity contribution in [2.75, 3.05) is 20.3 Å². The fourth-order valence-electron chi connectivity index (χ4n) is 1.37. The molecule has 0 fully saturated rings. The van der Waals surface area contributed by atoms with Crippen LogP contribution in [0.5, 0.6) is 0 Å². The zero-order valence-electron chi connectivity index (χ0n) is 9.24. The minimum atomic E-state index is 0.472. The van der Waals surface area contributed by atoms with E-state index in [2.05, 4.69) is 28.0 Å². The average molecular weight is 276 g/mol. The summed E-state index contributed by atoms with van der Waals surface area (Å²) in [4.78, 5) is 0. The lowest BCUT2D eigenvalue weighted by atomic mass is 10.1. The van der Waals surface area contributed by atoms with Gasteiger partial charge in [0.1, 0.15) is 0 Å². The van der Waals surface area contributed by atoms with Gasteiger partial charge in [0.2, 0.25) is 0 Å². The molecule has 0 aliphatic rings. The Hall–Kier alpha value is -0.390. The largest absolute Gasteiger partial charge is 0.383 e. The summed E-state index contributed by atoms with van der Waals surface area (Å²) in [5, 5.41) is 4.29. The standard InChI is InChI=1S/C10H18BrN3O/c1-8(6-12)5-10-9(11)7-13-14(10)3-4-15-2/h7-8H,3-6,12H2,1-2H3. The van der Waals surface area contributed by atoms with Gasteiger partial charge in [0.05, 0.1) is 29.5 Å². The zero-order chi connectivity index (χ0) is 11.3. The van der Waals surface area contributed by atoms with Crippen molar-refractivity contribution in [3.8, 4) is 0 Å². The van der Waals surface area contributed by atoms with Gasteiger partial charge in [-0.3, -0.25) is 4.68 Å². The van der Waals surface area contributed by atoms with E-state index in [1.807, 2.05) is 10.9 Å². The second-order valence-corrected chi connectivity index (χ2v) is 4.55. The molecule has 15 heavy (non-hydrogen) atoms. The number of nitrogens with zero attached hydrogens (tertiary/aromatic N) is 2. The van der Waals surface area contributed by atoms with Crippen LogP contribution in [0.1, 0.15) is 12.6 Å². The van der Waals surface area contributed by atoms with Crippen LogP contribution in [-0.2, 0) is 17.7 Å². The Morgan fingerprint density at radius 3 is 3.00 bits per heavy atom. The molecule has 0 aliphatic carbocycles. The van der Waals surface area contributed by atoms with Crippen LogP contribution in [0, 0.1) is 5.92 Å². The third kappa shape index (κ3) is 3.59. The average Bonchev–Trinajstić information content (AvgIpc) is 2.57. The molecule has 0 saturated heterocycles. The van der Waals surface area contributed by atoms with Crippen LogP contribution in [0.25, 0.3) is 0 Å². The van der Waals surface area contributed by atoms with Gasteiger partial charge in [0.15, 0.2) is 0 Å². The van der Waals surface area contributed by atoms with Crippen molar-refractivity contribution in [3.05, 3.63) is 16.4 Å². The van der Waals surface area contributed by atoms with E-state index in [0.717, 1.165) is 17.4 Å². The lowest BCUT2D eigenvalue weighted by molar-refractivity contribution is 0.182. The van der Waals surface area contributed by atoms with E-state index in [9.17, 15) is 0 Å². The Morgan fingerprint density at radius 1 is 1.67 bits per heavy atom. The minimum Gasteiger partial charge on any atom is -0.383 e. The van der Waals surface area contributed by atoms with Gasteiger partial charge in [0.25, 0.3) is 0 Å². The third-order valence-corrected chi connectivity index (χ3v) is 3.01. The molecule has 0 bridgehead atoms. The monoisotopic (exact) mass is 275 g/mol. The number of hydrogen-bond donors (Lipinski definition) is 1. The van der Waals surface area contributed by atoms with E-state index in [1.54, 1.807) is 7.11 Å². The predicted octanol–water partition coefficient (Wildman–Crippen LogP) is 1.43. The van der Waals surface area contributed by atoms with Crippen molar-refractivity contribution < 1.29 is 4.74 Å². The van der Waals surface area contributed by atoms with Crippen LogP contribution in [0.3, 0.4) is 0 Å². The van der Waals surface area contributed by atoms with Crippen molar-refractivity contribution in [1.29, 1.82) is 0 Å². The first kappa shape index (κ1) is 12.7. The van der Waals surface area contributed by atoms with Crippen LogP contribution >= 0.6 is 15.9 Å². The summed E-state index contributed by atoms with van der Waals surface area (Å²) in [6.07, 6.45) is 2.77. The number of methoxy groups -OCH3 is 1. The molecule has 0 amide bonds. The highest BCUT2D eigenvalue weighted by atomic mass is 79.9. The molecule has 4 nitrogen and oxygen atoms in total. The van der Waals surface area contributed by atoms with Crippen LogP contribution in [-0.4, -0.2) is 30.0 Å². The summed E-state index contributed by atoms with van der Waals surface area (Å²) in [6.45, 7) is 4.30. The van der Waals surface area contributed by atoms with Gasteiger partial charge in [-0.15, -0.1) is 0 Å². The Labute approximate surface area is 98.9 Å². The second kappa shape index (κ2) is 6.25. The quantitative estimate of drug-likeness (QED) is 0.855. The Morgan fingerprint density at radius 2 is 2.40 bits per heavy atom. The van der Waals surface area contributed by atoms with Gasteiger partial charge in [-0.25, -0.2) is 0 Å². The van der Waals surface area contributed by atoms with Crippen molar-refractivity contribution in [2.45, 2.75) is 19.9 Å². The smallest absolute Gasteiger partial charge is 0.0658 e. The minimum absolute atomic E-state index is 0.472. The summed E-state index contributed by atoms with van der Waals surface area (Å²) in [5.74, 6) is 0.472. The molecule has 1 rings (SSSR count). The summed E-state index contributed by atoms with van der Waals surface area (Å²) in [6, 6.07) is 0. The highest BCUT2D eigenvalue weighted by molar-refractivity contribution is 9.10. The Kier molecular flexibility index (Phi) is 5.28. The summed E-state index contributed by atoms with van der Waals surface area (Å²) in [7, 11) is 1.70. The summed E-state index contributed by atoms with van der Waals surface area (Å²) < 4.78 is 8.07. The fraction of sp³-hybridized carbons (Fsp3) is 0.700. The highest BCUT2D eigenvalue weighted by Gasteiger charge is 2.11. The molecule has 2 N–H and O–H groups in total.